The van der Waals surface area contributed by atoms with Gasteiger partial charge >= 0.3 is 5.97 Å². The fourth-order valence-corrected chi connectivity index (χ4v) is 1.87. The highest BCUT2D eigenvalue weighted by atomic mass is 35.5. The predicted molar refractivity (Wildman–Crippen MR) is 68.2 cm³/mol. The first-order valence-corrected chi connectivity index (χ1v) is 5.73. The van der Waals surface area contributed by atoms with Gasteiger partial charge in [0.2, 0.25) is 0 Å². The van der Waals surface area contributed by atoms with Crippen LogP contribution in [0, 0.1) is 5.82 Å². The van der Waals surface area contributed by atoms with Gasteiger partial charge in [0.25, 0.3) is 0 Å². The highest BCUT2D eigenvalue weighted by Crippen LogP contribution is 2.19. The molecule has 1 aromatic carbocycles. The van der Waals surface area contributed by atoms with Crippen molar-refractivity contribution < 1.29 is 14.3 Å². The molecule has 0 saturated heterocycles. The molecule has 0 bridgehead atoms. The second kappa shape index (κ2) is 5.24. The number of carbonyl (C=O) groups is 1. The van der Waals surface area contributed by atoms with Gasteiger partial charge < -0.3 is 9.67 Å². The van der Waals surface area contributed by atoms with Crippen molar-refractivity contribution in [3.8, 4) is 0 Å². The molecule has 0 unspecified atom stereocenters. The number of benzene rings is 1. The number of carboxylic acid groups (broad SMARTS) is 1. The van der Waals surface area contributed by atoms with Gasteiger partial charge in [-0.1, -0.05) is 17.7 Å². The number of nitrogens with zero attached hydrogens (tertiary/aromatic N) is 1. The summed E-state index contributed by atoms with van der Waals surface area (Å²) in [5.41, 5.74) is -0.720. The Kier molecular flexibility index (Phi) is 3.66. The predicted octanol–water partition coefficient (Wildman–Crippen LogP) is 2.39. The Morgan fingerprint density at radius 2 is 2.11 bits per heavy atom. The van der Waals surface area contributed by atoms with E-state index in [0.717, 1.165) is 12.3 Å². The van der Waals surface area contributed by atoms with Gasteiger partial charge in [0, 0.05) is 29.0 Å². The van der Waals surface area contributed by atoms with E-state index in [4.69, 9.17) is 16.7 Å². The number of hydrogen-bond donors (Lipinski definition) is 1. The van der Waals surface area contributed by atoms with Gasteiger partial charge in [-0.25, -0.2) is 9.18 Å². The minimum atomic E-state index is -1.32. The SMILES string of the molecule is O=C(O)c1cn(Cc2c(F)cccc2Cl)ccc1=O. The van der Waals surface area contributed by atoms with Crippen LogP contribution in [0.4, 0.5) is 4.39 Å². The Bertz CT molecular complexity index is 676. The van der Waals surface area contributed by atoms with Gasteiger partial charge in [-0.3, -0.25) is 4.79 Å². The Labute approximate surface area is 112 Å². The summed E-state index contributed by atoms with van der Waals surface area (Å²) in [7, 11) is 0. The van der Waals surface area contributed by atoms with Crippen molar-refractivity contribution in [2.75, 3.05) is 0 Å². The maximum absolute atomic E-state index is 13.6. The number of pyridine rings is 1. The summed E-state index contributed by atoms with van der Waals surface area (Å²) in [6.45, 7) is 0.0477. The molecule has 2 rings (SSSR count). The molecule has 0 atom stereocenters. The van der Waals surface area contributed by atoms with Crippen molar-refractivity contribution in [2.24, 2.45) is 0 Å². The fourth-order valence-electron chi connectivity index (χ4n) is 1.65. The normalized spacial score (nSPS) is 10.4. The lowest BCUT2D eigenvalue weighted by Crippen LogP contribution is -2.17. The van der Waals surface area contributed by atoms with E-state index in [2.05, 4.69) is 0 Å². The molecule has 0 fully saturated rings. The molecular weight excluding hydrogens is 273 g/mol. The average Bonchev–Trinajstić information content (AvgIpc) is 2.35. The van der Waals surface area contributed by atoms with Crippen LogP contribution in [0.5, 0.6) is 0 Å². The molecular formula is C13H9ClFNO3. The van der Waals surface area contributed by atoms with Crippen LogP contribution in [0.25, 0.3) is 0 Å². The molecule has 0 radical (unpaired) electrons. The molecule has 98 valence electrons. The first-order chi connectivity index (χ1) is 8.99. The number of aromatic carboxylic acids is 1. The number of carboxylic acids is 1. The molecule has 1 heterocycles. The standard InChI is InChI=1S/C13H9ClFNO3/c14-10-2-1-3-11(15)8(10)6-16-5-4-12(17)9(7-16)13(18)19/h1-5,7H,6H2,(H,18,19). The molecule has 4 nitrogen and oxygen atoms in total. The third-order valence-electron chi connectivity index (χ3n) is 2.61. The minimum Gasteiger partial charge on any atom is -0.477 e. The van der Waals surface area contributed by atoms with Crippen molar-refractivity contribution >= 4 is 17.6 Å². The summed E-state index contributed by atoms with van der Waals surface area (Å²) in [5, 5.41) is 9.10. The average molecular weight is 282 g/mol. The summed E-state index contributed by atoms with van der Waals surface area (Å²) in [4.78, 5) is 22.2. The van der Waals surface area contributed by atoms with E-state index in [1.54, 1.807) is 6.07 Å². The summed E-state index contributed by atoms with van der Waals surface area (Å²) < 4.78 is 15.0. The van der Waals surface area contributed by atoms with E-state index in [0.29, 0.717) is 0 Å². The van der Waals surface area contributed by atoms with Gasteiger partial charge in [-0.15, -0.1) is 0 Å². The first kappa shape index (κ1) is 13.3. The van der Waals surface area contributed by atoms with Gasteiger partial charge in [-0.05, 0) is 12.1 Å². The van der Waals surface area contributed by atoms with Gasteiger partial charge in [-0.2, -0.15) is 0 Å². The van der Waals surface area contributed by atoms with E-state index in [-0.39, 0.29) is 22.7 Å². The Hall–Kier alpha value is -2.14. The lowest BCUT2D eigenvalue weighted by molar-refractivity contribution is 0.0694. The zero-order valence-electron chi connectivity index (χ0n) is 9.64. The molecule has 2 aromatic rings. The van der Waals surface area contributed by atoms with Crippen LogP contribution in [0.2, 0.25) is 5.02 Å². The third-order valence-corrected chi connectivity index (χ3v) is 2.96. The molecule has 1 N–H and O–H groups in total. The van der Waals surface area contributed by atoms with E-state index in [1.165, 1.54) is 22.9 Å². The molecule has 0 aliphatic heterocycles. The summed E-state index contributed by atoms with van der Waals surface area (Å²) in [6, 6.07) is 5.41. The molecule has 0 saturated carbocycles. The van der Waals surface area contributed by atoms with Gasteiger partial charge in [0.05, 0.1) is 6.54 Å². The lowest BCUT2D eigenvalue weighted by Gasteiger charge is -2.09. The maximum atomic E-state index is 13.6. The van der Waals surface area contributed by atoms with E-state index >= 15 is 0 Å². The van der Waals surface area contributed by atoms with E-state index < -0.39 is 17.2 Å². The molecule has 1 aromatic heterocycles. The molecule has 6 heteroatoms. The van der Waals surface area contributed by atoms with Gasteiger partial charge in [0.1, 0.15) is 11.4 Å². The summed E-state index contributed by atoms with van der Waals surface area (Å²) in [6.07, 6.45) is 2.55. The van der Waals surface area contributed by atoms with E-state index in [1.807, 2.05) is 0 Å². The third kappa shape index (κ3) is 2.82. The van der Waals surface area contributed by atoms with Crippen LogP contribution in [0.3, 0.4) is 0 Å². The molecule has 0 amide bonds. The monoisotopic (exact) mass is 281 g/mol. The Morgan fingerprint density at radius 1 is 1.37 bits per heavy atom. The minimum absolute atomic E-state index is 0.0477. The number of aromatic nitrogens is 1. The maximum Gasteiger partial charge on any atom is 0.341 e. The quantitative estimate of drug-likeness (QED) is 0.940. The molecule has 19 heavy (non-hydrogen) atoms. The lowest BCUT2D eigenvalue weighted by atomic mass is 10.2. The largest absolute Gasteiger partial charge is 0.477 e. The van der Waals surface area contributed by atoms with Crippen LogP contribution in [-0.2, 0) is 6.54 Å². The number of halogens is 2. The van der Waals surface area contributed by atoms with Crippen molar-refractivity contribution in [3.05, 3.63) is 68.8 Å². The summed E-state index contributed by atoms with van der Waals surface area (Å²) >= 11 is 5.88. The summed E-state index contributed by atoms with van der Waals surface area (Å²) in [5.74, 6) is -1.80. The smallest absolute Gasteiger partial charge is 0.341 e. The number of rotatable bonds is 3. The van der Waals surface area contributed by atoms with Crippen LogP contribution in [0.15, 0.2) is 41.5 Å². The zero-order chi connectivity index (χ0) is 14.0. The molecule has 0 aliphatic carbocycles. The van der Waals surface area contributed by atoms with Crippen LogP contribution in [-0.4, -0.2) is 15.6 Å². The van der Waals surface area contributed by atoms with E-state index in [9.17, 15) is 14.0 Å². The number of hydrogen-bond acceptors (Lipinski definition) is 2. The Balaban J connectivity index is 2.42. The van der Waals surface area contributed by atoms with Crippen LogP contribution < -0.4 is 5.43 Å². The second-order valence-electron chi connectivity index (χ2n) is 3.90. The highest BCUT2D eigenvalue weighted by Gasteiger charge is 2.11. The molecule has 0 aliphatic rings. The van der Waals surface area contributed by atoms with Crippen molar-refractivity contribution in [1.29, 1.82) is 0 Å². The Morgan fingerprint density at radius 3 is 2.74 bits per heavy atom. The van der Waals surface area contributed by atoms with Crippen molar-refractivity contribution in [3.63, 3.8) is 0 Å². The first-order valence-electron chi connectivity index (χ1n) is 5.35. The van der Waals surface area contributed by atoms with Crippen LogP contribution >= 0.6 is 11.6 Å². The van der Waals surface area contributed by atoms with Crippen molar-refractivity contribution in [2.45, 2.75) is 6.54 Å². The van der Waals surface area contributed by atoms with Crippen molar-refractivity contribution in [1.82, 2.24) is 4.57 Å². The van der Waals surface area contributed by atoms with Gasteiger partial charge in [0.15, 0.2) is 5.43 Å². The molecule has 0 spiro atoms. The second-order valence-corrected chi connectivity index (χ2v) is 4.31. The fraction of sp³-hybridized carbons (Fsp3) is 0.0769. The topological polar surface area (TPSA) is 59.3 Å². The highest BCUT2D eigenvalue weighted by molar-refractivity contribution is 6.31. The van der Waals surface area contributed by atoms with Crippen LogP contribution in [0.1, 0.15) is 15.9 Å². The zero-order valence-corrected chi connectivity index (χ0v) is 10.4.